The minimum atomic E-state index is 0.810. The van der Waals surface area contributed by atoms with Crippen LogP contribution in [0.1, 0.15) is 0 Å². The van der Waals surface area contributed by atoms with Crippen molar-refractivity contribution in [1.82, 2.24) is 10.3 Å². The number of methoxy groups -OCH3 is 1. The number of ether oxygens (including phenoxy) is 1. The predicted octanol–water partition coefficient (Wildman–Crippen LogP) is 0.457. The molecule has 0 spiro atoms. The Labute approximate surface area is 77.5 Å². The van der Waals surface area contributed by atoms with Crippen molar-refractivity contribution < 1.29 is 4.74 Å². The van der Waals surface area contributed by atoms with Crippen LogP contribution < -0.4 is 15.0 Å². The van der Waals surface area contributed by atoms with Crippen LogP contribution in [-0.4, -0.2) is 31.9 Å². The zero-order valence-electron chi connectivity index (χ0n) is 7.66. The molecule has 2 rings (SSSR count). The zero-order valence-corrected chi connectivity index (χ0v) is 7.66. The number of nitrogens with zero attached hydrogens (tertiary/aromatic N) is 2. The second-order valence-corrected chi connectivity index (χ2v) is 3.00. The van der Waals surface area contributed by atoms with E-state index in [1.807, 2.05) is 12.3 Å². The normalized spacial score (nSPS) is 16.2. The smallest absolute Gasteiger partial charge is 0.139 e. The second kappa shape index (κ2) is 3.62. The van der Waals surface area contributed by atoms with E-state index in [0.29, 0.717) is 0 Å². The van der Waals surface area contributed by atoms with E-state index in [1.165, 1.54) is 0 Å². The van der Waals surface area contributed by atoms with Gasteiger partial charge in [0, 0.05) is 19.2 Å². The minimum Gasteiger partial charge on any atom is -0.495 e. The molecule has 1 aromatic heterocycles. The molecule has 0 amide bonds. The van der Waals surface area contributed by atoms with Gasteiger partial charge in [-0.1, -0.05) is 0 Å². The molecule has 0 aliphatic carbocycles. The molecule has 1 aliphatic rings. The molecule has 0 radical (unpaired) electrons. The third-order valence-corrected chi connectivity index (χ3v) is 2.16. The lowest BCUT2D eigenvalue weighted by molar-refractivity contribution is 0.413. The fourth-order valence-corrected chi connectivity index (χ4v) is 1.42. The first kappa shape index (κ1) is 8.31. The molecule has 1 aromatic rings. The van der Waals surface area contributed by atoms with Gasteiger partial charge in [0.15, 0.2) is 0 Å². The summed E-state index contributed by atoms with van der Waals surface area (Å²) in [5, 5.41) is 3.27. The number of anilines is 1. The van der Waals surface area contributed by atoms with Crippen LogP contribution in [0.2, 0.25) is 0 Å². The number of aromatic nitrogens is 1. The highest BCUT2D eigenvalue weighted by atomic mass is 16.5. The maximum absolute atomic E-state index is 5.10. The van der Waals surface area contributed by atoms with Gasteiger partial charge in [0.25, 0.3) is 0 Å². The van der Waals surface area contributed by atoms with Gasteiger partial charge in [0.05, 0.1) is 31.9 Å². The Bertz CT molecular complexity index is 284. The molecule has 1 saturated heterocycles. The van der Waals surface area contributed by atoms with Crippen molar-refractivity contribution in [2.24, 2.45) is 0 Å². The summed E-state index contributed by atoms with van der Waals surface area (Å²) in [6.07, 6.45) is 3.57. The third kappa shape index (κ3) is 1.72. The van der Waals surface area contributed by atoms with E-state index in [9.17, 15) is 0 Å². The largest absolute Gasteiger partial charge is 0.495 e. The van der Waals surface area contributed by atoms with Crippen LogP contribution in [0.15, 0.2) is 18.5 Å². The number of rotatable bonds is 2. The van der Waals surface area contributed by atoms with Gasteiger partial charge in [-0.3, -0.25) is 10.3 Å². The highest BCUT2D eigenvalue weighted by molar-refractivity contribution is 5.48. The van der Waals surface area contributed by atoms with Crippen molar-refractivity contribution in [2.45, 2.75) is 0 Å². The summed E-state index contributed by atoms with van der Waals surface area (Å²) in [5.74, 6) is 0.810. The predicted molar refractivity (Wildman–Crippen MR) is 51.0 cm³/mol. The summed E-state index contributed by atoms with van der Waals surface area (Å²) in [6, 6.07) is 2.00. The Morgan fingerprint density at radius 3 is 3.15 bits per heavy atom. The average Bonchev–Trinajstić information content (AvgIpc) is 2.71. The topological polar surface area (TPSA) is 37.4 Å². The molecule has 4 heteroatoms. The van der Waals surface area contributed by atoms with Crippen LogP contribution in [0, 0.1) is 0 Å². The number of nitrogens with one attached hydrogen (secondary N) is 1. The molecule has 70 valence electrons. The lowest BCUT2D eigenvalue weighted by atomic mass is 10.3. The summed E-state index contributed by atoms with van der Waals surface area (Å²) in [4.78, 5) is 6.34. The van der Waals surface area contributed by atoms with Gasteiger partial charge in [-0.25, -0.2) is 0 Å². The molecule has 0 bridgehead atoms. The number of hydrogen-bond acceptors (Lipinski definition) is 4. The Hall–Kier alpha value is -1.29. The minimum absolute atomic E-state index is 0.810. The molecule has 0 unspecified atom stereocenters. The fraction of sp³-hybridized carbons (Fsp3) is 0.444. The summed E-state index contributed by atoms with van der Waals surface area (Å²) < 4.78 is 5.10. The summed E-state index contributed by atoms with van der Waals surface area (Å²) in [7, 11) is 1.66. The summed E-state index contributed by atoms with van der Waals surface area (Å²) in [5.41, 5.74) is 1.12. The quantitative estimate of drug-likeness (QED) is 0.715. The molecule has 1 N–H and O–H groups in total. The maximum atomic E-state index is 5.10. The fourth-order valence-electron chi connectivity index (χ4n) is 1.42. The van der Waals surface area contributed by atoms with Crippen LogP contribution >= 0.6 is 0 Å². The lowest BCUT2D eigenvalue weighted by Crippen LogP contribution is -2.20. The van der Waals surface area contributed by atoms with Crippen molar-refractivity contribution >= 4 is 5.69 Å². The van der Waals surface area contributed by atoms with Gasteiger partial charge in [-0.05, 0) is 0 Å². The molecule has 0 aromatic carbocycles. The van der Waals surface area contributed by atoms with E-state index in [0.717, 1.165) is 31.2 Å². The van der Waals surface area contributed by atoms with E-state index < -0.39 is 0 Å². The van der Waals surface area contributed by atoms with Crippen LogP contribution in [0.3, 0.4) is 0 Å². The van der Waals surface area contributed by atoms with Gasteiger partial charge < -0.3 is 9.64 Å². The van der Waals surface area contributed by atoms with E-state index in [-0.39, 0.29) is 0 Å². The van der Waals surface area contributed by atoms with E-state index in [2.05, 4.69) is 15.2 Å². The SMILES string of the molecule is COc1cncc(N2CCNC2)c1. The summed E-state index contributed by atoms with van der Waals surface area (Å²) in [6.45, 7) is 2.97. The Morgan fingerprint density at radius 2 is 2.46 bits per heavy atom. The average molecular weight is 179 g/mol. The Kier molecular flexibility index (Phi) is 2.31. The molecule has 2 heterocycles. The van der Waals surface area contributed by atoms with Crippen LogP contribution in [-0.2, 0) is 0 Å². The first-order valence-corrected chi connectivity index (χ1v) is 4.35. The van der Waals surface area contributed by atoms with Gasteiger partial charge in [-0.15, -0.1) is 0 Å². The molecular formula is C9H13N3O. The third-order valence-electron chi connectivity index (χ3n) is 2.16. The lowest BCUT2D eigenvalue weighted by Gasteiger charge is -2.16. The summed E-state index contributed by atoms with van der Waals surface area (Å²) >= 11 is 0. The van der Waals surface area contributed by atoms with E-state index in [1.54, 1.807) is 13.3 Å². The molecule has 13 heavy (non-hydrogen) atoms. The Morgan fingerprint density at radius 1 is 1.54 bits per heavy atom. The van der Waals surface area contributed by atoms with E-state index in [4.69, 9.17) is 4.74 Å². The Balaban J connectivity index is 2.18. The first-order valence-electron chi connectivity index (χ1n) is 4.35. The van der Waals surface area contributed by atoms with Crippen LogP contribution in [0.4, 0.5) is 5.69 Å². The van der Waals surface area contributed by atoms with Crippen molar-refractivity contribution in [1.29, 1.82) is 0 Å². The van der Waals surface area contributed by atoms with Crippen molar-refractivity contribution in [2.75, 3.05) is 31.8 Å². The van der Waals surface area contributed by atoms with Gasteiger partial charge in [0.2, 0.25) is 0 Å². The van der Waals surface area contributed by atoms with Gasteiger partial charge >= 0.3 is 0 Å². The second-order valence-electron chi connectivity index (χ2n) is 3.00. The van der Waals surface area contributed by atoms with E-state index >= 15 is 0 Å². The van der Waals surface area contributed by atoms with Gasteiger partial charge in [0.1, 0.15) is 5.75 Å². The first-order chi connectivity index (χ1) is 6.40. The van der Waals surface area contributed by atoms with Crippen molar-refractivity contribution in [3.05, 3.63) is 18.5 Å². The molecule has 4 nitrogen and oxygen atoms in total. The number of pyridine rings is 1. The van der Waals surface area contributed by atoms with Crippen molar-refractivity contribution in [3.63, 3.8) is 0 Å². The number of hydrogen-bond donors (Lipinski definition) is 1. The monoisotopic (exact) mass is 179 g/mol. The molecule has 1 aliphatic heterocycles. The zero-order chi connectivity index (χ0) is 9.10. The maximum Gasteiger partial charge on any atom is 0.139 e. The highest BCUT2D eigenvalue weighted by Crippen LogP contribution is 2.19. The molecule has 0 saturated carbocycles. The molecular weight excluding hydrogens is 166 g/mol. The molecule has 1 fully saturated rings. The standard InChI is InChI=1S/C9H13N3O/c1-13-9-4-8(5-11-6-9)12-3-2-10-7-12/h4-6,10H,2-3,7H2,1H3. The van der Waals surface area contributed by atoms with Crippen molar-refractivity contribution in [3.8, 4) is 5.75 Å². The van der Waals surface area contributed by atoms with Gasteiger partial charge in [-0.2, -0.15) is 0 Å². The van der Waals surface area contributed by atoms with Crippen LogP contribution in [0.5, 0.6) is 5.75 Å². The highest BCUT2D eigenvalue weighted by Gasteiger charge is 2.11. The molecule has 0 atom stereocenters. The van der Waals surface area contributed by atoms with Crippen LogP contribution in [0.25, 0.3) is 0 Å².